The summed E-state index contributed by atoms with van der Waals surface area (Å²) in [6.45, 7) is 9.79. The van der Waals surface area contributed by atoms with Crippen molar-refractivity contribution in [1.82, 2.24) is 0 Å². The molecule has 0 saturated heterocycles. The quantitative estimate of drug-likeness (QED) is 0.154. The number of hydrogen-bond donors (Lipinski definition) is 0. The molecule has 0 bridgehead atoms. The zero-order valence-electron chi connectivity index (χ0n) is 34.3. The van der Waals surface area contributed by atoms with Crippen LogP contribution in [0.4, 0.5) is 0 Å². The van der Waals surface area contributed by atoms with Crippen molar-refractivity contribution in [2.24, 2.45) is 0 Å². The van der Waals surface area contributed by atoms with Gasteiger partial charge in [0.25, 0.3) is 0 Å². The average Bonchev–Trinajstić information content (AvgIpc) is 3.51. The Balaban J connectivity index is 1.06. The minimum Gasteiger partial charge on any atom is -0.0616 e. The van der Waals surface area contributed by atoms with Gasteiger partial charge in [0, 0.05) is 10.8 Å². The largest absolute Gasteiger partial charge is 0.0616 e. The molecular weight excluding hydrogens is 721 g/mol. The highest BCUT2D eigenvalue weighted by Crippen LogP contribution is 2.59. The molecule has 0 fully saturated rings. The zero-order valence-corrected chi connectivity index (χ0v) is 34.3. The molecule has 11 aromatic rings. The van der Waals surface area contributed by atoms with Crippen LogP contribution >= 0.6 is 0 Å². The molecule has 0 heteroatoms. The van der Waals surface area contributed by atoms with Gasteiger partial charge in [-0.3, -0.25) is 0 Å². The number of hydrogen-bond acceptors (Lipinski definition) is 0. The maximum absolute atomic E-state index is 2.59. The molecule has 0 aliphatic heterocycles. The van der Waals surface area contributed by atoms with E-state index in [9.17, 15) is 0 Å². The second-order valence-electron chi connectivity index (χ2n) is 18.4. The molecule has 282 valence electrons. The topological polar surface area (TPSA) is 0 Å². The van der Waals surface area contributed by atoms with E-state index < -0.39 is 0 Å². The van der Waals surface area contributed by atoms with E-state index in [1.165, 1.54) is 131 Å². The van der Waals surface area contributed by atoms with Crippen LogP contribution in [0, 0.1) is 0 Å². The lowest BCUT2D eigenvalue weighted by Gasteiger charge is -2.37. The molecule has 60 heavy (non-hydrogen) atoms. The van der Waals surface area contributed by atoms with Gasteiger partial charge in [-0.1, -0.05) is 179 Å². The smallest absolute Gasteiger partial charge is 0.0159 e. The van der Waals surface area contributed by atoms with Gasteiger partial charge in [-0.15, -0.1) is 0 Å². The van der Waals surface area contributed by atoms with Gasteiger partial charge in [0.05, 0.1) is 0 Å². The number of fused-ring (bicyclic) bond motifs is 13. The van der Waals surface area contributed by atoms with Crippen molar-refractivity contribution in [1.29, 1.82) is 0 Å². The summed E-state index contributed by atoms with van der Waals surface area (Å²) in [7, 11) is 0. The first-order valence-electron chi connectivity index (χ1n) is 21.4. The Hall–Kier alpha value is -7.02. The maximum atomic E-state index is 2.59. The molecular formula is C60H42. The molecule has 0 radical (unpaired) electrons. The van der Waals surface area contributed by atoms with Crippen LogP contribution in [-0.4, -0.2) is 0 Å². The van der Waals surface area contributed by atoms with Crippen molar-refractivity contribution >= 4 is 64.6 Å². The molecule has 0 aromatic heterocycles. The molecule has 0 spiro atoms. The first-order valence-corrected chi connectivity index (χ1v) is 21.4. The van der Waals surface area contributed by atoms with E-state index >= 15 is 0 Å². The predicted molar refractivity (Wildman–Crippen MR) is 257 cm³/mol. The van der Waals surface area contributed by atoms with Gasteiger partial charge in [0.1, 0.15) is 0 Å². The van der Waals surface area contributed by atoms with Crippen LogP contribution in [0.15, 0.2) is 182 Å². The van der Waals surface area contributed by atoms with Gasteiger partial charge in [-0.2, -0.15) is 0 Å². The molecule has 11 aromatic carbocycles. The van der Waals surface area contributed by atoms with Gasteiger partial charge in [-0.25, -0.2) is 0 Å². The molecule has 0 atom stereocenters. The minimum atomic E-state index is -0.215. The third-order valence-corrected chi connectivity index (χ3v) is 14.6. The van der Waals surface area contributed by atoms with E-state index in [1.807, 2.05) is 0 Å². The van der Waals surface area contributed by atoms with Crippen molar-refractivity contribution in [2.75, 3.05) is 0 Å². The lowest BCUT2D eigenvalue weighted by atomic mass is 9.66. The van der Waals surface area contributed by atoms with E-state index in [4.69, 9.17) is 0 Å². The van der Waals surface area contributed by atoms with E-state index in [0.717, 1.165) is 0 Å². The number of rotatable bonds is 2. The summed E-state index contributed by atoms with van der Waals surface area (Å²) < 4.78 is 0. The van der Waals surface area contributed by atoms with Crippen molar-refractivity contribution in [2.45, 2.75) is 38.5 Å². The lowest BCUT2D eigenvalue weighted by molar-refractivity contribution is 0.639. The fourth-order valence-electron chi connectivity index (χ4n) is 11.7. The average molecular weight is 763 g/mol. The zero-order chi connectivity index (χ0) is 40.1. The van der Waals surface area contributed by atoms with E-state index in [0.29, 0.717) is 0 Å². The Kier molecular flexibility index (Phi) is 6.67. The first kappa shape index (κ1) is 33.9. The Morgan fingerprint density at radius 3 is 1.30 bits per heavy atom. The predicted octanol–water partition coefficient (Wildman–Crippen LogP) is 16.6. The third kappa shape index (κ3) is 4.36. The monoisotopic (exact) mass is 762 g/mol. The fourth-order valence-corrected chi connectivity index (χ4v) is 11.7. The Morgan fingerprint density at radius 2 is 0.667 bits per heavy atom. The summed E-state index contributed by atoms with van der Waals surface area (Å²) in [5, 5.41) is 15.7. The molecule has 0 saturated carbocycles. The minimum absolute atomic E-state index is 0.213. The molecule has 0 N–H and O–H groups in total. The Labute approximate surface area is 350 Å². The summed E-state index contributed by atoms with van der Waals surface area (Å²) in [5.41, 5.74) is 15.9. The normalized spacial score (nSPS) is 14.6. The molecule has 2 aliphatic rings. The van der Waals surface area contributed by atoms with Gasteiger partial charge in [0.2, 0.25) is 0 Å². The van der Waals surface area contributed by atoms with Crippen LogP contribution in [0.1, 0.15) is 49.9 Å². The Morgan fingerprint density at radius 1 is 0.250 bits per heavy atom. The standard InChI is InChI=1S/C60H42/c1-59(2)53-27-15-26-46-44(48-30-35-16-5-7-18-37(35)39-20-9-11-22-41(39)48)28-29-47(57(46)53)51-33-55-52(34-54(51)59)58-45-25-14-13-24-43(45)50(32-56(58)60(55,3)4)49-31-36-17-6-8-19-38(36)40-21-10-12-23-42(40)49/h5-34H,1-4H3. The highest BCUT2D eigenvalue weighted by atomic mass is 14.4. The van der Waals surface area contributed by atoms with E-state index in [1.54, 1.807) is 0 Å². The summed E-state index contributed by atoms with van der Waals surface area (Å²) >= 11 is 0. The summed E-state index contributed by atoms with van der Waals surface area (Å²) in [4.78, 5) is 0. The van der Waals surface area contributed by atoms with Crippen molar-refractivity contribution in [3.8, 4) is 44.5 Å². The van der Waals surface area contributed by atoms with Crippen molar-refractivity contribution < 1.29 is 0 Å². The molecule has 2 aliphatic carbocycles. The van der Waals surface area contributed by atoms with Crippen LogP contribution in [0.2, 0.25) is 0 Å². The van der Waals surface area contributed by atoms with Gasteiger partial charge < -0.3 is 0 Å². The molecule has 0 heterocycles. The van der Waals surface area contributed by atoms with Crippen molar-refractivity contribution in [3.05, 3.63) is 204 Å². The van der Waals surface area contributed by atoms with Crippen LogP contribution in [0.5, 0.6) is 0 Å². The van der Waals surface area contributed by atoms with Gasteiger partial charge in [-0.05, 0) is 162 Å². The molecule has 13 rings (SSSR count). The molecule has 0 unspecified atom stereocenters. The van der Waals surface area contributed by atoms with Crippen molar-refractivity contribution in [3.63, 3.8) is 0 Å². The van der Waals surface area contributed by atoms with Crippen LogP contribution in [-0.2, 0) is 10.8 Å². The van der Waals surface area contributed by atoms with E-state index in [-0.39, 0.29) is 10.8 Å². The Bertz CT molecular complexity index is 3710. The number of benzene rings is 11. The van der Waals surface area contributed by atoms with Crippen LogP contribution in [0.3, 0.4) is 0 Å². The molecule has 0 amide bonds. The summed E-state index contributed by atoms with van der Waals surface area (Å²) in [6, 6.07) is 69.1. The highest BCUT2D eigenvalue weighted by Gasteiger charge is 2.42. The van der Waals surface area contributed by atoms with Crippen LogP contribution < -0.4 is 0 Å². The lowest BCUT2D eigenvalue weighted by Crippen LogP contribution is -2.24. The SMILES string of the molecule is CC1(C)c2cc3c(cc2-c2c1cc(-c1cc4ccccc4c4ccccc14)c1ccccc21)C(C)(C)c1cccc2c(-c4cc5ccccc5c5ccccc45)ccc-3c12. The maximum Gasteiger partial charge on any atom is 0.0159 e. The first-order chi connectivity index (χ1) is 29.3. The van der Waals surface area contributed by atoms with Crippen LogP contribution in [0.25, 0.3) is 109 Å². The fraction of sp³-hybridized carbons (Fsp3) is 0.100. The second-order valence-corrected chi connectivity index (χ2v) is 18.4. The molecule has 0 nitrogen and oxygen atoms in total. The highest BCUT2D eigenvalue weighted by molar-refractivity contribution is 6.20. The summed E-state index contributed by atoms with van der Waals surface area (Å²) in [5.74, 6) is 0. The second kappa shape index (κ2) is 11.8. The third-order valence-electron chi connectivity index (χ3n) is 14.6. The van der Waals surface area contributed by atoms with Gasteiger partial charge in [0.15, 0.2) is 0 Å². The van der Waals surface area contributed by atoms with Gasteiger partial charge >= 0.3 is 0 Å². The van der Waals surface area contributed by atoms with E-state index in [2.05, 4.69) is 210 Å². The summed E-state index contributed by atoms with van der Waals surface area (Å²) in [6.07, 6.45) is 0.